The molecule has 7 nitrogen and oxygen atoms in total. The number of nitro groups is 1. The molecule has 1 aromatic carbocycles. The summed E-state index contributed by atoms with van der Waals surface area (Å²) in [6.07, 6.45) is 3.16. The van der Waals surface area contributed by atoms with Gasteiger partial charge in [-0.25, -0.2) is 8.42 Å². The van der Waals surface area contributed by atoms with Crippen LogP contribution in [0.3, 0.4) is 0 Å². The Hall–Kier alpha value is -1.96. The molecule has 1 aliphatic heterocycles. The molecule has 2 aliphatic rings. The SMILES string of the molecule is CC1CCC(C)C(N=C2NS(=O)(=O)c3cc([N+](=O)[O-])ccc32)C1. The third-order valence-electron chi connectivity index (χ3n) is 4.66. The highest BCUT2D eigenvalue weighted by atomic mass is 32.2. The van der Waals surface area contributed by atoms with Crippen molar-refractivity contribution in [2.24, 2.45) is 16.8 Å². The highest BCUT2D eigenvalue weighted by Crippen LogP contribution is 2.33. The second-order valence-corrected chi connectivity index (χ2v) is 8.13. The lowest BCUT2D eigenvalue weighted by Gasteiger charge is -2.30. The standard InChI is InChI=1S/C15H19N3O4S/c1-9-3-4-10(2)13(7-9)16-15-12-6-5-11(18(19)20)8-14(12)23(21,22)17-15/h5-6,8-10,13H,3-4,7H2,1-2H3,(H,16,17). The number of nitro benzene ring substituents is 1. The minimum atomic E-state index is -3.78. The lowest BCUT2D eigenvalue weighted by molar-refractivity contribution is -0.385. The Morgan fingerprint density at radius 2 is 2.04 bits per heavy atom. The van der Waals surface area contributed by atoms with E-state index in [0.29, 0.717) is 23.2 Å². The summed E-state index contributed by atoms with van der Waals surface area (Å²) in [4.78, 5) is 14.8. The summed E-state index contributed by atoms with van der Waals surface area (Å²) in [5.74, 6) is 1.26. The van der Waals surface area contributed by atoms with Gasteiger partial charge in [-0.1, -0.05) is 20.3 Å². The van der Waals surface area contributed by atoms with Crippen LogP contribution in [0.25, 0.3) is 0 Å². The van der Waals surface area contributed by atoms with Gasteiger partial charge in [-0.3, -0.25) is 19.8 Å². The number of hydrogen-bond donors (Lipinski definition) is 1. The van der Waals surface area contributed by atoms with E-state index in [1.165, 1.54) is 12.1 Å². The number of hydrogen-bond acceptors (Lipinski definition) is 5. The number of benzene rings is 1. The normalized spacial score (nSPS) is 30.7. The highest BCUT2D eigenvalue weighted by molar-refractivity contribution is 7.90. The van der Waals surface area contributed by atoms with E-state index in [1.54, 1.807) is 0 Å². The number of non-ortho nitro benzene ring substituents is 1. The first-order chi connectivity index (χ1) is 10.8. The zero-order valence-corrected chi connectivity index (χ0v) is 13.8. The maximum absolute atomic E-state index is 12.2. The summed E-state index contributed by atoms with van der Waals surface area (Å²) in [6, 6.07) is 3.93. The van der Waals surface area contributed by atoms with Gasteiger partial charge in [-0.2, -0.15) is 0 Å². The Morgan fingerprint density at radius 3 is 2.74 bits per heavy atom. The second kappa shape index (κ2) is 5.59. The summed E-state index contributed by atoms with van der Waals surface area (Å²) in [5, 5.41) is 10.8. The van der Waals surface area contributed by atoms with Gasteiger partial charge in [0.15, 0.2) is 0 Å². The monoisotopic (exact) mass is 337 g/mol. The second-order valence-electron chi connectivity index (χ2n) is 6.48. The average molecular weight is 337 g/mol. The first-order valence-electron chi connectivity index (χ1n) is 7.67. The molecule has 124 valence electrons. The van der Waals surface area contributed by atoms with Crippen molar-refractivity contribution in [1.82, 2.24) is 4.72 Å². The third kappa shape index (κ3) is 2.95. The van der Waals surface area contributed by atoms with E-state index in [2.05, 4.69) is 23.6 Å². The summed E-state index contributed by atoms with van der Waals surface area (Å²) in [6.45, 7) is 4.30. The van der Waals surface area contributed by atoms with E-state index >= 15 is 0 Å². The smallest absolute Gasteiger partial charge is 0.264 e. The molecule has 1 aromatic rings. The van der Waals surface area contributed by atoms with Gasteiger partial charge in [0.05, 0.1) is 11.0 Å². The predicted molar refractivity (Wildman–Crippen MR) is 85.9 cm³/mol. The molecule has 0 radical (unpaired) electrons. The van der Waals surface area contributed by atoms with Gasteiger partial charge in [0, 0.05) is 17.7 Å². The molecule has 1 saturated carbocycles. The molecule has 3 unspecified atom stereocenters. The van der Waals surface area contributed by atoms with Crippen LogP contribution in [0.15, 0.2) is 28.1 Å². The third-order valence-corrected chi connectivity index (χ3v) is 6.04. The van der Waals surface area contributed by atoms with Crippen LogP contribution in [0.1, 0.15) is 38.7 Å². The number of nitrogens with zero attached hydrogens (tertiary/aromatic N) is 2. The molecule has 3 atom stereocenters. The Bertz CT molecular complexity index is 788. The minimum Gasteiger partial charge on any atom is -0.264 e. The predicted octanol–water partition coefficient (Wildman–Crippen LogP) is 2.46. The molecule has 1 heterocycles. The van der Waals surface area contributed by atoms with Crippen molar-refractivity contribution < 1.29 is 13.3 Å². The number of nitrogens with one attached hydrogen (secondary N) is 1. The fourth-order valence-corrected chi connectivity index (χ4v) is 4.48. The number of aliphatic imine (C=N–C) groups is 1. The summed E-state index contributed by atoms with van der Waals surface area (Å²) in [7, 11) is -3.78. The van der Waals surface area contributed by atoms with Crippen LogP contribution < -0.4 is 4.72 Å². The molecule has 0 spiro atoms. The van der Waals surface area contributed by atoms with E-state index in [1.807, 2.05) is 0 Å². The first-order valence-corrected chi connectivity index (χ1v) is 9.15. The topological polar surface area (TPSA) is 102 Å². The van der Waals surface area contributed by atoms with Crippen LogP contribution in [0, 0.1) is 22.0 Å². The Kier molecular flexibility index (Phi) is 3.87. The van der Waals surface area contributed by atoms with Crippen molar-refractivity contribution in [3.63, 3.8) is 0 Å². The van der Waals surface area contributed by atoms with E-state index in [9.17, 15) is 18.5 Å². The number of rotatable bonds is 2. The van der Waals surface area contributed by atoms with Crippen LogP contribution in [0.5, 0.6) is 0 Å². The summed E-state index contributed by atoms with van der Waals surface area (Å²) >= 11 is 0. The van der Waals surface area contributed by atoms with Crippen LogP contribution in [-0.4, -0.2) is 25.2 Å². The lowest BCUT2D eigenvalue weighted by atomic mass is 9.80. The van der Waals surface area contributed by atoms with Gasteiger partial charge in [0.2, 0.25) is 0 Å². The molecular formula is C15H19N3O4S. The molecule has 0 saturated heterocycles. The van der Waals surface area contributed by atoms with E-state index < -0.39 is 14.9 Å². The van der Waals surface area contributed by atoms with Crippen LogP contribution in [-0.2, 0) is 10.0 Å². The number of amidine groups is 1. The maximum Gasteiger partial charge on any atom is 0.270 e. The molecular weight excluding hydrogens is 318 g/mol. The van der Waals surface area contributed by atoms with Gasteiger partial charge in [0.25, 0.3) is 15.7 Å². The largest absolute Gasteiger partial charge is 0.270 e. The average Bonchev–Trinajstić information content (AvgIpc) is 2.73. The van der Waals surface area contributed by atoms with Crippen LogP contribution >= 0.6 is 0 Å². The van der Waals surface area contributed by atoms with Gasteiger partial charge < -0.3 is 0 Å². The van der Waals surface area contributed by atoms with Crippen molar-refractivity contribution in [2.75, 3.05) is 0 Å². The Balaban J connectivity index is 2.01. The molecule has 8 heteroatoms. The zero-order chi connectivity index (χ0) is 16.8. The highest BCUT2D eigenvalue weighted by Gasteiger charge is 2.34. The molecule has 3 rings (SSSR count). The van der Waals surface area contributed by atoms with Gasteiger partial charge in [-0.05, 0) is 30.7 Å². The maximum atomic E-state index is 12.2. The van der Waals surface area contributed by atoms with Gasteiger partial charge >= 0.3 is 0 Å². The van der Waals surface area contributed by atoms with Gasteiger partial charge in [0.1, 0.15) is 10.7 Å². The Labute approximate surface area is 135 Å². The minimum absolute atomic E-state index is 0.0672. The zero-order valence-electron chi connectivity index (χ0n) is 13.0. The summed E-state index contributed by atoms with van der Waals surface area (Å²) in [5.41, 5.74) is 0.177. The fraction of sp³-hybridized carbons (Fsp3) is 0.533. The summed E-state index contributed by atoms with van der Waals surface area (Å²) < 4.78 is 26.9. The fourth-order valence-electron chi connectivity index (χ4n) is 3.22. The van der Waals surface area contributed by atoms with Crippen molar-refractivity contribution in [1.29, 1.82) is 0 Å². The molecule has 1 aliphatic carbocycles. The molecule has 1 fully saturated rings. The molecule has 1 N–H and O–H groups in total. The van der Waals surface area contributed by atoms with Crippen molar-refractivity contribution >= 4 is 21.5 Å². The number of sulfonamides is 1. The van der Waals surface area contributed by atoms with Crippen LogP contribution in [0.4, 0.5) is 5.69 Å². The van der Waals surface area contributed by atoms with Gasteiger partial charge in [-0.15, -0.1) is 0 Å². The number of fused-ring (bicyclic) bond motifs is 1. The van der Waals surface area contributed by atoms with Crippen molar-refractivity contribution in [3.05, 3.63) is 33.9 Å². The molecule has 23 heavy (non-hydrogen) atoms. The van der Waals surface area contributed by atoms with Crippen LogP contribution in [0.2, 0.25) is 0 Å². The van der Waals surface area contributed by atoms with E-state index in [-0.39, 0.29) is 16.6 Å². The lowest BCUT2D eigenvalue weighted by Crippen LogP contribution is -2.29. The molecule has 0 aromatic heterocycles. The van der Waals surface area contributed by atoms with Crippen molar-refractivity contribution in [2.45, 2.75) is 44.0 Å². The molecule has 0 amide bonds. The first kappa shape index (κ1) is 15.9. The molecule has 0 bridgehead atoms. The van der Waals surface area contributed by atoms with E-state index in [0.717, 1.165) is 25.3 Å². The Morgan fingerprint density at radius 1 is 1.30 bits per heavy atom. The quantitative estimate of drug-likeness (QED) is 0.661. The van der Waals surface area contributed by atoms with E-state index in [4.69, 9.17) is 0 Å². The van der Waals surface area contributed by atoms with Crippen molar-refractivity contribution in [3.8, 4) is 0 Å².